The lowest BCUT2D eigenvalue weighted by Crippen LogP contribution is -2.47. The van der Waals surface area contributed by atoms with Crippen LogP contribution in [0.1, 0.15) is 49.8 Å². The first-order valence-electron chi connectivity index (χ1n) is 8.03. The first-order valence-corrected chi connectivity index (χ1v) is 8.03. The molecular formula is C16H26N4. The van der Waals surface area contributed by atoms with Crippen LogP contribution in [0.3, 0.4) is 0 Å². The van der Waals surface area contributed by atoms with Crippen LogP contribution in [0.5, 0.6) is 0 Å². The Hall–Kier alpha value is -1.16. The van der Waals surface area contributed by atoms with Gasteiger partial charge in [-0.3, -0.25) is 0 Å². The number of aryl methyl sites for hydroxylation is 1. The standard InChI is InChI=1S/C16H26N4/c1-12-14(10-17-2)11-18-16(19-12)20-9-5-7-13-6-3-4-8-15(13)20/h11,13,15,17H,3-10H2,1-2H3/t13-,15-/m1/s1. The van der Waals surface area contributed by atoms with Crippen molar-refractivity contribution in [2.24, 2.45) is 5.92 Å². The molecule has 0 unspecified atom stereocenters. The van der Waals surface area contributed by atoms with E-state index < -0.39 is 0 Å². The fraction of sp³-hybridized carbons (Fsp3) is 0.750. The summed E-state index contributed by atoms with van der Waals surface area (Å²) in [6.45, 7) is 4.07. The zero-order valence-electron chi connectivity index (χ0n) is 12.7. The Kier molecular flexibility index (Phi) is 4.20. The zero-order valence-corrected chi connectivity index (χ0v) is 12.7. The largest absolute Gasteiger partial charge is 0.338 e. The molecular weight excluding hydrogens is 248 g/mol. The third-order valence-electron chi connectivity index (χ3n) is 4.94. The summed E-state index contributed by atoms with van der Waals surface area (Å²) >= 11 is 0. The number of rotatable bonds is 3. The van der Waals surface area contributed by atoms with E-state index in [1.54, 1.807) is 0 Å². The van der Waals surface area contributed by atoms with E-state index in [9.17, 15) is 0 Å². The van der Waals surface area contributed by atoms with E-state index in [1.165, 1.54) is 44.1 Å². The molecule has 1 aromatic heterocycles. The summed E-state index contributed by atoms with van der Waals surface area (Å²) in [4.78, 5) is 11.9. The van der Waals surface area contributed by atoms with Gasteiger partial charge in [-0.2, -0.15) is 0 Å². The molecule has 1 aromatic rings. The molecule has 0 spiro atoms. The van der Waals surface area contributed by atoms with Gasteiger partial charge in [-0.25, -0.2) is 9.97 Å². The van der Waals surface area contributed by atoms with Crippen molar-refractivity contribution in [3.63, 3.8) is 0 Å². The second kappa shape index (κ2) is 6.08. The summed E-state index contributed by atoms with van der Waals surface area (Å²) in [7, 11) is 1.96. The average molecular weight is 274 g/mol. The molecule has 0 bridgehead atoms. The third kappa shape index (κ3) is 2.66. The van der Waals surface area contributed by atoms with Gasteiger partial charge in [0.15, 0.2) is 0 Å². The maximum atomic E-state index is 4.78. The van der Waals surface area contributed by atoms with Crippen molar-refractivity contribution < 1.29 is 0 Å². The molecule has 0 amide bonds. The Morgan fingerprint density at radius 1 is 1.25 bits per heavy atom. The number of nitrogens with zero attached hydrogens (tertiary/aromatic N) is 3. The topological polar surface area (TPSA) is 41.1 Å². The van der Waals surface area contributed by atoms with Crippen molar-refractivity contribution in [2.75, 3.05) is 18.5 Å². The highest BCUT2D eigenvalue weighted by Crippen LogP contribution is 2.36. The van der Waals surface area contributed by atoms with Crippen LogP contribution in [-0.2, 0) is 6.54 Å². The zero-order chi connectivity index (χ0) is 13.9. The Morgan fingerprint density at radius 3 is 2.85 bits per heavy atom. The third-order valence-corrected chi connectivity index (χ3v) is 4.94. The predicted octanol–water partition coefficient (Wildman–Crippen LogP) is 2.66. The molecule has 2 heterocycles. The molecule has 110 valence electrons. The van der Waals surface area contributed by atoms with Gasteiger partial charge in [0.05, 0.1) is 0 Å². The van der Waals surface area contributed by atoms with Crippen LogP contribution < -0.4 is 10.2 Å². The summed E-state index contributed by atoms with van der Waals surface area (Å²) in [5.41, 5.74) is 2.32. The summed E-state index contributed by atoms with van der Waals surface area (Å²) in [5.74, 6) is 1.83. The summed E-state index contributed by atoms with van der Waals surface area (Å²) in [6, 6.07) is 0.687. The quantitative estimate of drug-likeness (QED) is 0.920. The van der Waals surface area contributed by atoms with E-state index in [1.807, 2.05) is 13.2 Å². The highest BCUT2D eigenvalue weighted by atomic mass is 15.3. The van der Waals surface area contributed by atoms with E-state index in [0.717, 1.165) is 30.6 Å². The fourth-order valence-electron chi connectivity index (χ4n) is 3.86. The maximum absolute atomic E-state index is 4.78. The molecule has 2 atom stereocenters. The Bertz CT molecular complexity index is 458. The van der Waals surface area contributed by atoms with Gasteiger partial charge in [-0.1, -0.05) is 12.8 Å². The SMILES string of the molecule is CNCc1cnc(N2CCC[C@H]3CCCC[C@H]32)nc1C. The molecule has 1 aliphatic carbocycles. The van der Waals surface area contributed by atoms with Gasteiger partial charge in [0, 0.05) is 36.6 Å². The smallest absolute Gasteiger partial charge is 0.225 e. The van der Waals surface area contributed by atoms with Gasteiger partial charge in [-0.15, -0.1) is 0 Å². The monoisotopic (exact) mass is 274 g/mol. The van der Waals surface area contributed by atoms with E-state index in [4.69, 9.17) is 4.98 Å². The van der Waals surface area contributed by atoms with Crippen molar-refractivity contribution in [3.8, 4) is 0 Å². The molecule has 0 aromatic carbocycles. The minimum absolute atomic E-state index is 0.687. The van der Waals surface area contributed by atoms with Crippen LogP contribution in [0.25, 0.3) is 0 Å². The highest BCUT2D eigenvalue weighted by molar-refractivity contribution is 5.35. The molecule has 20 heavy (non-hydrogen) atoms. The maximum Gasteiger partial charge on any atom is 0.225 e. The molecule has 1 aliphatic heterocycles. The van der Waals surface area contributed by atoms with Gasteiger partial charge in [0.2, 0.25) is 5.95 Å². The molecule has 0 radical (unpaired) electrons. The van der Waals surface area contributed by atoms with Crippen molar-refractivity contribution in [1.82, 2.24) is 15.3 Å². The van der Waals surface area contributed by atoms with E-state index in [0.29, 0.717) is 6.04 Å². The second-order valence-corrected chi connectivity index (χ2v) is 6.26. The van der Waals surface area contributed by atoms with Crippen LogP contribution >= 0.6 is 0 Å². The lowest BCUT2D eigenvalue weighted by molar-refractivity contribution is 0.241. The van der Waals surface area contributed by atoms with Crippen molar-refractivity contribution in [3.05, 3.63) is 17.5 Å². The summed E-state index contributed by atoms with van der Waals surface area (Å²) < 4.78 is 0. The predicted molar refractivity (Wildman–Crippen MR) is 81.9 cm³/mol. The van der Waals surface area contributed by atoms with Crippen molar-refractivity contribution >= 4 is 5.95 Å². The number of piperidine rings is 1. The number of hydrogen-bond acceptors (Lipinski definition) is 4. The fourth-order valence-corrected chi connectivity index (χ4v) is 3.86. The molecule has 1 saturated heterocycles. The Morgan fingerprint density at radius 2 is 2.05 bits per heavy atom. The molecule has 4 heteroatoms. The summed E-state index contributed by atoms with van der Waals surface area (Å²) in [6.07, 6.45) is 10.2. The normalized spacial score (nSPS) is 26.4. The molecule has 1 saturated carbocycles. The van der Waals surface area contributed by atoms with Crippen molar-refractivity contribution in [2.45, 2.75) is 58.0 Å². The minimum Gasteiger partial charge on any atom is -0.338 e. The van der Waals surface area contributed by atoms with Gasteiger partial charge in [-0.05, 0) is 45.6 Å². The van der Waals surface area contributed by atoms with Crippen LogP contribution in [0.15, 0.2) is 6.20 Å². The number of nitrogens with one attached hydrogen (secondary N) is 1. The molecule has 2 fully saturated rings. The molecule has 2 aliphatic rings. The minimum atomic E-state index is 0.687. The van der Waals surface area contributed by atoms with Crippen molar-refractivity contribution in [1.29, 1.82) is 0 Å². The van der Waals surface area contributed by atoms with Crippen LogP contribution in [0, 0.1) is 12.8 Å². The first-order chi connectivity index (χ1) is 9.79. The van der Waals surface area contributed by atoms with Gasteiger partial charge in [0.1, 0.15) is 0 Å². The number of fused-ring (bicyclic) bond motifs is 1. The van der Waals surface area contributed by atoms with Gasteiger partial charge >= 0.3 is 0 Å². The molecule has 4 nitrogen and oxygen atoms in total. The van der Waals surface area contributed by atoms with Crippen LogP contribution in [0.4, 0.5) is 5.95 Å². The average Bonchev–Trinajstić information content (AvgIpc) is 2.49. The van der Waals surface area contributed by atoms with Crippen LogP contribution in [-0.4, -0.2) is 29.6 Å². The summed E-state index contributed by atoms with van der Waals surface area (Å²) in [5, 5.41) is 3.18. The highest BCUT2D eigenvalue weighted by Gasteiger charge is 2.34. The van der Waals surface area contributed by atoms with E-state index in [-0.39, 0.29) is 0 Å². The van der Waals surface area contributed by atoms with Crippen LogP contribution in [0.2, 0.25) is 0 Å². The van der Waals surface area contributed by atoms with E-state index >= 15 is 0 Å². The molecule has 3 rings (SSSR count). The Labute approximate surface area is 122 Å². The second-order valence-electron chi connectivity index (χ2n) is 6.26. The van der Waals surface area contributed by atoms with E-state index in [2.05, 4.69) is 22.1 Å². The number of hydrogen-bond donors (Lipinski definition) is 1. The van der Waals surface area contributed by atoms with Gasteiger partial charge < -0.3 is 10.2 Å². The first kappa shape index (κ1) is 13.8. The Balaban J connectivity index is 1.82. The lowest BCUT2D eigenvalue weighted by atomic mass is 9.78. The number of aromatic nitrogens is 2. The van der Waals surface area contributed by atoms with Gasteiger partial charge in [0.25, 0.3) is 0 Å². The lowest BCUT2D eigenvalue weighted by Gasteiger charge is -2.44. The number of anilines is 1. The molecule has 1 N–H and O–H groups in total.